The van der Waals surface area contributed by atoms with Crippen LogP contribution in [0, 0.1) is 25.7 Å². The molecule has 1 heterocycles. The molecule has 4 heteroatoms. The molecule has 0 atom stereocenters. The normalized spacial score (nSPS) is 10.0. The summed E-state index contributed by atoms with van der Waals surface area (Å²) in [6.45, 7) is 4.30. The first-order valence-corrected chi connectivity index (χ1v) is 6.84. The maximum atomic E-state index is 11.9. The number of aliphatic hydroxyl groups is 1. The highest BCUT2D eigenvalue weighted by Gasteiger charge is 2.03. The molecule has 0 amide bonds. The molecule has 1 aromatic carbocycles. The molecule has 108 valence electrons. The second-order valence-electron chi connectivity index (χ2n) is 4.88. The molecule has 1 aromatic heterocycles. The zero-order valence-corrected chi connectivity index (χ0v) is 12.3. The summed E-state index contributed by atoms with van der Waals surface area (Å²) in [7, 11) is 0. The highest BCUT2D eigenvalue weighted by Crippen LogP contribution is 2.06. The van der Waals surface area contributed by atoms with Crippen LogP contribution in [0.25, 0.3) is 0 Å². The fraction of sp³-hybridized carbons (Fsp3) is 0.294. The van der Waals surface area contributed by atoms with Crippen LogP contribution in [0.5, 0.6) is 0 Å². The second kappa shape index (κ2) is 6.87. The molecule has 0 aliphatic rings. The van der Waals surface area contributed by atoms with E-state index >= 15 is 0 Å². The Balaban J connectivity index is 2.18. The van der Waals surface area contributed by atoms with Gasteiger partial charge in [-0.2, -0.15) is 4.98 Å². The molecule has 0 spiro atoms. The summed E-state index contributed by atoms with van der Waals surface area (Å²) in [5.41, 5.74) is 3.35. The highest BCUT2D eigenvalue weighted by atomic mass is 16.2. The van der Waals surface area contributed by atoms with E-state index in [1.165, 1.54) is 0 Å². The Labute approximate surface area is 124 Å². The number of hydrogen-bond acceptors (Lipinski definition) is 3. The highest BCUT2D eigenvalue weighted by molar-refractivity contribution is 5.36. The number of aromatic nitrogens is 2. The van der Waals surface area contributed by atoms with E-state index < -0.39 is 0 Å². The second-order valence-corrected chi connectivity index (χ2v) is 4.88. The fourth-order valence-corrected chi connectivity index (χ4v) is 2.06. The Morgan fingerprint density at radius 2 is 1.95 bits per heavy atom. The standard InChI is InChI=1S/C17H18N2O2/c1-13-11-14(2)19(17(21)18-13)12-16-8-6-15(7-9-16)5-3-4-10-20/h6-9,11,20H,4,10,12H2,1-2H3. The van der Waals surface area contributed by atoms with Gasteiger partial charge in [0.2, 0.25) is 0 Å². The summed E-state index contributed by atoms with van der Waals surface area (Å²) in [5, 5.41) is 8.68. The van der Waals surface area contributed by atoms with Gasteiger partial charge in [-0.15, -0.1) is 0 Å². The Morgan fingerprint density at radius 1 is 1.24 bits per heavy atom. The van der Waals surface area contributed by atoms with Crippen LogP contribution in [0.2, 0.25) is 0 Å². The number of hydrogen-bond donors (Lipinski definition) is 1. The Hall–Kier alpha value is -2.38. The van der Waals surface area contributed by atoms with E-state index in [0.29, 0.717) is 13.0 Å². The van der Waals surface area contributed by atoms with Crippen molar-refractivity contribution >= 4 is 0 Å². The molecule has 0 aliphatic heterocycles. The third-order valence-electron chi connectivity index (χ3n) is 3.11. The predicted octanol–water partition coefficient (Wildman–Crippen LogP) is 1.64. The molecule has 0 saturated heterocycles. The Kier molecular flexibility index (Phi) is 4.91. The van der Waals surface area contributed by atoms with E-state index in [2.05, 4.69) is 16.8 Å². The molecule has 4 nitrogen and oxygen atoms in total. The number of aryl methyl sites for hydroxylation is 2. The van der Waals surface area contributed by atoms with Gasteiger partial charge < -0.3 is 5.11 Å². The quantitative estimate of drug-likeness (QED) is 0.871. The van der Waals surface area contributed by atoms with Crippen LogP contribution in [0.1, 0.15) is 28.9 Å². The van der Waals surface area contributed by atoms with Crippen LogP contribution in [0.4, 0.5) is 0 Å². The van der Waals surface area contributed by atoms with Crippen LogP contribution in [-0.2, 0) is 6.54 Å². The first kappa shape index (κ1) is 15.0. The number of aliphatic hydroxyl groups excluding tert-OH is 1. The number of nitrogens with zero attached hydrogens (tertiary/aromatic N) is 2. The van der Waals surface area contributed by atoms with Crippen molar-refractivity contribution in [2.24, 2.45) is 0 Å². The van der Waals surface area contributed by atoms with Crippen LogP contribution in [0.15, 0.2) is 35.1 Å². The van der Waals surface area contributed by atoms with E-state index in [9.17, 15) is 4.79 Å². The van der Waals surface area contributed by atoms with E-state index in [-0.39, 0.29) is 12.3 Å². The van der Waals surface area contributed by atoms with Gasteiger partial charge in [0.15, 0.2) is 0 Å². The minimum Gasteiger partial charge on any atom is -0.395 e. The molecule has 0 fully saturated rings. The summed E-state index contributed by atoms with van der Waals surface area (Å²) in [6.07, 6.45) is 0.478. The predicted molar refractivity (Wildman–Crippen MR) is 82.1 cm³/mol. The average molecular weight is 282 g/mol. The summed E-state index contributed by atoms with van der Waals surface area (Å²) in [4.78, 5) is 15.9. The molecule has 0 radical (unpaired) electrons. The molecule has 2 aromatic rings. The van der Waals surface area contributed by atoms with E-state index in [0.717, 1.165) is 22.5 Å². The van der Waals surface area contributed by atoms with Crippen molar-refractivity contribution in [2.75, 3.05) is 6.61 Å². The minimum atomic E-state index is -0.223. The van der Waals surface area contributed by atoms with Crippen LogP contribution >= 0.6 is 0 Å². The number of rotatable bonds is 3. The SMILES string of the molecule is Cc1cc(C)n(Cc2ccc(C#CCCO)cc2)c(=O)n1. The van der Waals surface area contributed by atoms with Gasteiger partial charge in [-0.1, -0.05) is 24.0 Å². The van der Waals surface area contributed by atoms with Crippen LogP contribution < -0.4 is 5.69 Å². The Morgan fingerprint density at radius 3 is 2.57 bits per heavy atom. The molecule has 0 bridgehead atoms. The van der Waals surface area contributed by atoms with Gasteiger partial charge in [0.1, 0.15) is 0 Å². The van der Waals surface area contributed by atoms with Crippen molar-refractivity contribution in [2.45, 2.75) is 26.8 Å². The van der Waals surface area contributed by atoms with Gasteiger partial charge in [0.05, 0.1) is 13.2 Å². The molecule has 0 saturated carbocycles. The Bertz CT molecular complexity index is 734. The zero-order chi connectivity index (χ0) is 15.2. The largest absolute Gasteiger partial charge is 0.395 e. The summed E-state index contributed by atoms with van der Waals surface area (Å²) in [6, 6.07) is 9.64. The van der Waals surface area contributed by atoms with Crippen molar-refractivity contribution in [3.05, 3.63) is 63.3 Å². The lowest BCUT2D eigenvalue weighted by Crippen LogP contribution is -2.26. The van der Waals surface area contributed by atoms with E-state index in [1.807, 2.05) is 44.2 Å². The summed E-state index contributed by atoms with van der Waals surface area (Å²) >= 11 is 0. The molecule has 21 heavy (non-hydrogen) atoms. The molecule has 2 rings (SSSR count). The van der Waals surface area contributed by atoms with Crippen LogP contribution in [-0.4, -0.2) is 21.3 Å². The third kappa shape index (κ3) is 4.04. The average Bonchev–Trinajstić information content (AvgIpc) is 2.44. The molecule has 0 aliphatic carbocycles. The lowest BCUT2D eigenvalue weighted by atomic mass is 10.1. The maximum Gasteiger partial charge on any atom is 0.348 e. The molecular formula is C17H18N2O2. The fourth-order valence-electron chi connectivity index (χ4n) is 2.06. The van der Waals surface area contributed by atoms with Crippen LogP contribution in [0.3, 0.4) is 0 Å². The van der Waals surface area contributed by atoms with Crippen molar-refractivity contribution in [1.29, 1.82) is 0 Å². The first-order chi connectivity index (χ1) is 10.1. The maximum absolute atomic E-state index is 11.9. The van der Waals surface area contributed by atoms with Gasteiger partial charge in [0.25, 0.3) is 0 Å². The third-order valence-corrected chi connectivity index (χ3v) is 3.11. The lowest BCUT2D eigenvalue weighted by molar-refractivity contribution is 0.305. The van der Waals surface area contributed by atoms with Crippen molar-refractivity contribution in [1.82, 2.24) is 9.55 Å². The van der Waals surface area contributed by atoms with Gasteiger partial charge in [-0.3, -0.25) is 4.57 Å². The van der Waals surface area contributed by atoms with Crippen molar-refractivity contribution < 1.29 is 5.11 Å². The van der Waals surface area contributed by atoms with E-state index in [4.69, 9.17) is 5.11 Å². The molecular weight excluding hydrogens is 264 g/mol. The van der Waals surface area contributed by atoms with Gasteiger partial charge in [0, 0.05) is 23.4 Å². The van der Waals surface area contributed by atoms with Crippen molar-refractivity contribution in [3.8, 4) is 11.8 Å². The zero-order valence-electron chi connectivity index (χ0n) is 12.3. The van der Waals surface area contributed by atoms with Gasteiger partial charge >= 0.3 is 5.69 Å². The molecule has 1 N–H and O–H groups in total. The number of benzene rings is 1. The molecule has 0 unspecified atom stereocenters. The topological polar surface area (TPSA) is 55.1 Å². The minimum absolute atomic E-state index is 0.0771. The van der Waals surface area contributed by atoms with Gasteiger partial charge in [-0.25, -0.2) is 4.79 Å². The van der Waals surface area contributed by atoms with Crippen molar-refractivity contribution in [3.63, 3.8) is 0 Å². The lowest BCUT2D eigenvalue weighted by Gasteiger charge is -2.09. The van der Waals surface area contributed by atoms with Gasteiger partial charge in [-0.05, 0) is 37.6 Å². The smallest absolute Gasteiger partial charge is 0.348 e. The monoisotopic (exact) mass is 282 g/mol. The first-order valence-electron chi connectivity index (χ1n) is 6.84. The van der Waals surface area contributed by atoms with E-state index in [1.54, 1.807) is 4.57 Å². The summed E-state index contributed by atoms with van der Waals surface area (Å²) < 4.78 is 1.65. The summed E-state index contributed by atoms with van der Waals surface area (Å²) in [5.74, 6) is 5.86.